The minimum Gasteiger partial charge on any atom is -0.467 e. The van der Waals surface area contributed by atoms with Gasteiger partial charge in [-0.05, 0) is 29.9 Å². The summed E-state index contributed by atoms with van der Waals surface area (Å²) in [4.78, 5) is 25.2. The minimum absolute atomic E-state index is 0.179. The smallest absolute Gasteiger partial charge is 0.408 e. The molecule has 0 radical (unpaired) electrons. The van der Waals surface area contributed by atoms with Crippen LogP contribution in [-0.4, -0.2) is 46.7 Å². The van der Waals surface area contributed by atoms with Crippen molar-refractivity contribution in [3.05, 3.63) is 35.9 Å². The number of carboxylic acid groups (broad SMARTS) is 1. The van der Waals surface area contributed by atoms with Crippen LogP contribution >= 0.6 is 11.8 Å². The van der Waals surface area contributed by atoms with Gasteiger partial charge in [-0.3, -0.25) is 4.90 Å². The summed E-state index contributed by atoms with van der Waals surface area (Å²) in [5, 5.41) is 9.64. The van der Waals surface area contributed by atoms with Crippen LogP contribution < -0.4 is 0 Å². The largest absolute Gasteiger partial charge is 0.467 e. The second-order valence-corrected chi connectivity index (χ2v) is 8.54. The molecule has 0 heterocycles. The van der Waals surface area contributed by atoms with Crippen LogP contribution in [-0.2, 0) is 16.1 Å². The van der Waals surface area contributed by atoms with E-state index in [0.29, 0.717) is 6.42 Å². The number of esters is 1. The number of unbranched alkanes of at least 4 members (excludes halogenated alkanes) is 7. The first-order chi connectivity index (χ1) is 14.1. The van der Waals surface area contributed by atoms with Crippen molar-refractivity contribution in [2.75, 3.05) is 18.6 Å². The van der Waals surface area contributed by atoms with E-state index < -0.39 is 18.1 Å². The zero-order valence-corrected chi connectivity index (χ0v) is 18.8. The number of thioether (sulfide) groups is 1. The highest BCUT2D eigenvalue weighted by atomic mass is 32.2. The molecule has 0 aliphatic rings. The van der Waals surface area contributed by atoms with Gasteiger partial charge in [-0.25, -0.2) is 9.59 Å². The summed E-state index contributed by atoms with van der Waals surface area (Å²) in [6, 6.07) is 8.56. The number of ether oxygens (including phenoxy) is 1. The number of rotatable bonds is 16. The van der Waals surface area contributed by atoms with Crippen molar-refractivity contribution >= 4 is 23.8 Å². The zero-order chi connectivity index (χ0) is 21.3. The Morgan fingerprint density at radius 1 is 1.00 bits per heavy atom. The van der Waals surface area contributed by atoms with Crippen LogP contribution in [0.5, 0.6) is 0 Å². The van der Waals surface area contributed by atoms with Gasteiger partial charge in [0.15, 0.2) is 0 Å². The van der Waals surface area contributed by atoms with E-state index in [2.05, 4.69) is 6.92 Å². The van der Waals surface area contributed by atoms with Crippen LogP contribution in [0.3, 0.4) is 0 Å². The number of amides is 1. The van der Waals surface area contributed by atoms with Crippen LogP contribution in [0.25, 0.3) is 0 Å². The van der Waals surface area contributed by atoms with Gasteiger partial charge in [-0.1, -0.05) is 82.2 Å². The summed E-state index contributed by atoms with van der Waals surface area (Å²) in [6.07, 6.45) is 9.72. The third kappa shape index (κ3) is 11.2. The molecular weight excluding hydrogens is 386 g/mol. The average Bonchev–Trinajstić information content (AvgIpc) is 2.73. The van der Waals surface area contributed by atoms with Crippen LogP contribution in [0, 0.1) is 0 Å². The second-order valence-electron chi connectivity index (χ2n) is 7.31. The Bertz CT molecular complexity index is 567. The maximum Gasteiger partial charge on any atom is 0.408 e. The maximum atomic E-state index is 12.2. The summed E-state index contributed by atoms with van der Waals surface area (Å²) in [5.41, 5.74) is 0.857. The van der Waals surface area contributed by atoms with Crippen LogP contribution in [0.1, 0.15) is 70.3 Å². The van der Waals surface area contributed by atoms with Gasteiger partial charge in [0.05, 0.1) is 7.11 Å². The summed E-state index contributed by atoms with van der Waals surface area (Å²) >= 11 is 1.79. The van der Waals surface area contributed by atoms with Crippen LogP contribution in [0.15, 0.2) is 30.3 Å². The first kappa shape index (κ1) is 25.3. The van der Waals surface area contributed by atoms with Gasteiger partial charge in [-0.15, -0.1) is 0 Å². The van der Waals surface area contributed by atoms with Crippen molar-refractivity contribution in [1.82, 2.24) is 4.90 Å². The van der Waals surface area contributed by atoms with Gasteiger partial charge in [0.2, 0.25) is 0 Å². The molecule has 1 amide bonds. The molecule has 1 N–H and O–H groups in total. The molecule has 29 heavy (non-hydrogen) atoms. The minimum atomic E-state index is -1.10. The summed E-state index contributed by atoms with van der Waals surface area (Å²) in [5.74, 6) is 1.31. The Morgan fingerprint density at radius 2 is 1.62 bits per heavy atom. The Hall–Kier alpha value is -1.69. The third-order valence-corrected chi connectivity index (χ3v) is 6.07. The van der Waals surface area contributed by atoms with Crippen molar-refractivity contribution in [2.24, 2.45) is 0 Å². The number of benzene rings is 1. The number of hydrogen-bond acceptors (Lipinski definition) is 4. The first-order valence-corrected chi connectivity index (χ1v) is 11.9. The summed E-state index contributed by atoms with van der Waals surface area (Å²) in [6.45, 7) is 2.41. The van der Waals surface area contributed by atoms with Crippen molar-refractivity contribution in [3.8, 4) is 0 Å². The highest BCUT2D eigenvalue weighted by Gasteiger charge is 2.30. The fourth-order valence-electron chi connectivity index (χ4n) is 3.26. The lowest BCUT2D eigenvalue weighted by atomic mass is 10.1. The standard InChI is InChI=1S/C23H37NO4S/c1-3-4-5-6-7-8-9-13-17-29-18-16-21(22(25)28-2)24(23(26)27)19-20-14-11-10-12-15-20/h10-12,14-15,21H,3-9,13,16-19H2,1-2H3,(H,26,27)/t21-/m0/s1. The van der Waals surface area contributed by atoms with Gasteiger partial charge in [-0.2, -0.15) is 11.8 Å². The lowest BCUT2D eigenvalue weighted by molar-refractivity contribution is -0.146. The molecule has 0 fully saturated rings. The third-order valence-electron chi connectivity index (χ3n) is 4.97. The van der Waals surface area contributed by atoms with Gasteiger partial charge < -0.3 is 9.84 Å². The van der Waals surface area contributed by atoms with Crippen molar-refractivity contribution in [2.45, 2.75) is 77.3 Å². The zero-order valence-electron chi connectivity index (χ0n) is 18.0. The number of hydrogen-bond donors (Lipinski definition) is 1. The monoisotopic (exact) mass is 423 g/mol. The Morgan fingerprint density at radius 3 is 2.21 bits per heavy atom. The summed E-state index contributed by atoms with van der Waals surface area (Å²) in [7, 11) is 1.31. The normalized spacial score (nSPS) is 11.8. The quantitative estimate of drug-likeness (QED) is 0.262. The van der Waals surface area contributed by atoms with E-state index >= 15 is 0 Å². The molecule has 0 bridgehead atoms. The average molecular weight is 424 g/mol. The predicted molar refractivity (Wildman–Crippen MR) is 120 cm³/mol. The molecule has 0 aromatic heterocycles. The number of carbonyl (C=O) groups is 2. The number of nitrogens with zero attached hydrogens (tertiary/aromatic N) is 1. The number of carbonyl (C=O) groups excluding carboxylic acids is 1. The summed E-state index contributed by atoms with van der Waals surface area (Å²) < 4.78 is 4.88. The van der Waals surface area contributed by atoms with E-state index in [-0.39, 0.29) is 6.54 Å². The van der Waals surface area contributed by atoms with E-state index in [1.807, 2.05) is 30.3 Å². The Labute approximate surface area is 180 Å². The van der Waals surface area contributed by atoms with Gasteiger partial charge in [0.25, 0.3) is 0 Å². The predicted octanol–water partition coefficient (Wildman–Crippen LogP) is 5.97. The molecule has 1 aromatic carbocycles. The van der Waals surface area contributed by atoms with E-state index in [1.54, 1.807) is 11.8 Å². The highest BCUT2D eigenvalue weighted by molar-refractivity contribution is 7.99. The fraction of sp³-hybridized carbons (Fsp3) is 0.652. The molecule has 1 atom stereocenters. The van der Waals surface area contributed by atoms with Gasteiger partial charge in [0.1, 0.15) is 6.04 Å². The van der Waals surface area contributed by atoms with E-state index in [4.69, 9.17) is 4.74 Å². The molecule has 0 spiro atoms. The molecule has 5 nitrogen and oxygen atoms in total. The van der Waals surface area contributed by atoms with E-state index in [0.717, 1.165) is 17.1 Å². The van der Waals surface area contributed by atoms with Crippen molar-refractivity contribution in [1.29, 1.82) is 0 Å². The molecule has 0 saturated heterocycles. The van der Waals surface area contributed by atoms with Crippen molar-refractivity contribution < 1.29 is 19.4 Å². The van der Waals surface area contributed by atoms with E-state index in [9.17, 15) is 14.7 Å². The molecule has 6 heteroatoms. The Balaban J connectivity index is 2.36. The van der Waals surface area contributed by atoms with Gasteiger partial charge in [0, 0.05) is 6.54 Å². The molecule has 0 aliphatic heterocycles. The molecule has 0 saturated carbocycles. The molecule has 0 unspecified atom stereocenters. The lowest BCUT2D eigenvalue weighted by Crippen LogP contribution is -2.45. The second kappa shape index (κ2) is 16.1. The lowest BCUT2D eigenvalue weighted by Gasteiger charge is -2.27. The fourth-order valence-corrected chi connectivity index (χ4v) is 4.27. The Kier molecular flexibility index (Phi) is 14.1. The maximum absolute atomic E-state index is 12.2. The van der Waals surface area contributed by atoms with Crippen molar-refractivity contribution in [3.63, 3.8) is 0 Å². The van der Waals surface area contributed by atoms with Crippen LogP contribution in [0.2, 0.25) is 0 Å². The van der Waals surface area contributed by atoms with Gasteiger partial charge >= 0.3 is 12.1 Å². The van der Waals surface area contributed by atoms with Crippen LogP contribution in [0.4, 0.5) is 4.79 Å². The molecule has 1 aromatic rings. The molecule has 0 aliphatic carbocycles. The molecule has 1 rings (SSSR count). The number of methoxy groups -OCH3 is 1. The first-order valence-electron chi connectivity index (χ1n) is 10.8. The SMILES string of the molecule is CCCCCCCCCCSCC[C@@H](C(=O)OC)N(Cc1ccccc1)C(=O)O. The van der Waals surface area contributed by atoms with E-state index in [1.165, 1.54) is 63.4 Å². The molecular formula is C23H37NO4S. The topological polar surface area (TPSA) is 66.8 Å². The molecule has 164 valence electrons. The highest BCUT2D eigenvalue weighted by Crippen LogP contribution is 2.17.